The molecule has 1 aliphatic carbocycles. The van der Waals surface area contributed by atoms with E-state index >= 15 is 0 Å². The Morgan fingerprint density at radius 2 is 1.88 bits per heavy atom. The van der Waals surface area contributed by atoms with Gasteiger partial charge < -0.3 is 4.74 Å². The summed E-state index contributed by atoms with van der Waals surface area (Å²) in [6.07, 6.45) is 10.5. The van der Waals surface area contributed by atoms with Crippen molar-refractivity contribution in [2.45, 2.75) is 39.0 Å². The van der Waals surface area contributed by atoms with Gasteiger partial charge in [-0.1, -0.05) is 25.5 Å². The van der Waals surface area contributed by atoms with Crippen LogP contribution in [0.1, 0.15) is 44.6 Å². The molecule has 1 heteroatoms. The van der Waals surface area contributed by atoms with Crippen LogP contribution in [0.25, 0.3) is 0 Å². The Morgan fingerprint density at radius 1 is 1.06 bits per heavy atom. The first-order valence-electron chi connectivity index (χ1n) is 6.15. The Morgan fingerprint density at radius 3 is 2.62 bits per heavy atom. The lowest BCUT2D eigenvalue weighted by Crippen LogP contribution is -1.94. The summed E-state index contributed by atoms with van der Waals surface area (Å²) in [7, 11) is 0. The van der Waals surface area contributed by atoms with Crippen molar-refractivity contribution in [3.8, 4) is 5.75 Å². The van der Waals surface area contributed by atoms with Crippen molar-refractivity contribution in [1.82, 2.24) is 0 Å². The number of rotatable bonds is 3. The van der Waals surface area contributed by atoms with E-state index in [-0.39, 0.29) is 0 Å². The second kappa shape index (κ2) is 5.74. The van der Waals surface area contributed by atoms with Gasteiger partial charge in [-0.15, -0.1) is 0 Å². The van der Waals surface area contributed by atoms with E-state index in [2.05, 4.69) is 24.6 Å². The van der Waals surface area contributed by atoms with Crippen molar-refractivity contribution in [1.29, 1.82) is 0 Å². The molecule has 0 fully saturated rings. The Hall–Kier alpha value is -1.24. The minimum Gasteiger partial charge on any atom is -0.462 e. The maximum atomic E-state index is 5.88. The molecule has 0 N–H and O–H groups in total. The molecule has 1 aliphatic rings. The van der Waals surface area contributed by atoms with Crippen LogP contribution in [0.15, 0.2) is 36.1 Å². The molecule has 0 heterocycles. The standard InChI is InChI=1S/C15H19O/c1-2-13-9-11-15(12-10-13)16-14-7-5-3-4-6-8-14/h2,7,9-12H,3-6,8H2,1H3. The summed E-state index contributed by atoms with van der Waals surface area (Å²) in [6, 6.07) is 8.27. The molecule has 1 radical (unpaired) electrons. The first-order valence-corrected chi connectivity index (χ1v) is 6.15. The molecule has 2 rings (SSSR count). The Kier molecular flexibility index (Phi) is 4.03. The summed E-state index contributed by atoms with van der Waals surface area (Å²) in [4.78, 5) is 0. The van der Waals surface area contributed by atoms with Crippen LogP contribution in [0, 0.1) is 6.42 Å². The van der Waals surface area contributed by atoms with E-state index in [1.165, 1.54) is 24.8 Å². The molecule has 0 aliphatic heterocycles. The molecular weight excluding hydrogens is 196 g/mol. The lowest BCUT2D eigenvalue weighted by molar-refractivity contribution is 0.400. The van der Waals surface area contributed by atoms with E-state index < -0.39 is 0 Å². The Labute approximate surface area is 98.1 Å². The average molecular weight is 215 g/mol. The molecule has 1 nitrogen and oxygen atoms in total. The molecule has 0 unspecified atom stereocenters. The summed E-state index contributed by atoms with van der Waals surface area (Å²) in [6.45, 7) is 2.05. The van der Waals surface area contributed by atoms with E-state index in [1.807, 2.05) is 19.1 Å². The van der Waals surface area contributed by atoms with Crippen LogP contribution in [0.2, 0.25) is 0 Å². The maximum absolute atomic E-state index is 5.88. The SMILES string of the molecule is C[CH]c1ccc(OC2=CCCCCC2)cc1. The van der Waals surface area contributed by atoms with Crippen molar-refractivity contribution < 1.29 is 4.74 Å². The first-order chi connectivity index (χ1) is 7.88. The third kappa shape index (κ3) is 3.13. The van der Waals surface area contributed by atoms with Crippen LogP contribution < -0.4 is 4.74 Å². The van der Waals surface area contributed by atoms with Gasteiger partial charge in [-0.2, -0.15) is 0 Å². The zero-order valence-electron chi connectivity index (χ0n) is 9.91. The normalized spacial score (nSPS) is 16.4. The quantitative estimate of drug-likeness (QED) is 0.722. The molecule has 16 heavy (non-hydrogen) atoms. The van der Waals surface area contributed by atoms with Crippen molar-refractivity contribution >= 4 is 0 Å². The van der Waals surface area contributed by atoms with Crippen molar-refractivity contribution in [3.05, 3.63) is 48.1 Å². The number of hydrogen-bond donors (Lipinski definition) is 0. The van der Waals surface area contributed by atoms with Crippen molar-refractivity contribution in [2.75, 3.05) is 0 Å². The number of hydrogen-bond acceptors (Lipinski definition) is 1. The van der Waals surface area contributed by atoms with Crippen molar-refractivity contribution in [3.63, 3.8) is 0 Å². The predicted octanol–water partition coefficient (Wildman–Crippen LogP) is 4.49. The second-order valence-corrected chi connectivity index (χ2v) is 4.23. The Balaban J connectivity index is 1.99. The van der Waals surface area contributed by atoms with Gasteiger partial charge in [-0.05, 0) is 49.5 Å². The summed E-state index contributed by atoms with van der Waals surface area (Å²) in [5.41, 5.74) is 1.24. The molecule has 1 aromatic rings. The summed E-state index contributed by atoms with van der Waals surface area (Å²) < 4.78 is 5.88. The van der Waals surface area contributed by atoms with Gasteiger partial charge in [0.15, 0.2) is 0 Å². The number of ether oxygens (including phenoxy) is 1. The van der Waals surface area contributed by atoms with Gasteiger partial charge >= 0.3 is 0 Å². The highest BCUT2D eigenvalue weighted by Crippen LogP contribution is 2.22. The van der Waals surface area contributed by atoms with Gasteiger partial charge in [0.2, 0.25) is 0 Å². The maximum Gasteiger partial charge on any atom is 0.126 e. The monoisotopic (exact) mass is 215 g/mol. The third-order valence-electron chi connectivity index (χ3n) is 2.96. The summed E-state index contributed by atoms with van der Waals surface area (Å²) >= 11 is 0. The fourth-order valence-corrected chi connectivity index (χ4v) is 1.96. The van der Waals surface area contributed by atoms with Gasteiger partial charge in [-0.3, -0.25) is 0 Å². The summed E-state index contributed by atoms with van der Waals surface area (Å²) in [5.74, 6) is 2.10. The Bertz CT molecular complexity index is 348. The second-order valence-electron chi connectivity index (χ2n) is 4.23. The van der Waals surface area contributed by atoms with Crippen molar-refractivity contribution in [2.24, 2.45) is 0 Å². The van der Waals surface area contributed by atoms with Gasteiger partial charge in [0.25, 0.3) is 0 Å². The molecule has 0 saturated heterocycles. The van der Waals surface area contributed by atoms with E-state index in [9.17, 15) is 0 Å². The first kappa shape index (κ1) is 11.3. The largest absolute Gasteiger partial charge is 0.462 e. The molecule has 85 valence electrons. The molecular formula is C15H19O. The van der Waals surface area contributed by atoms with Crippen LogP contribution in [-0.2, 0) is 0 Å². The van der Waals surface area contributed by atoms with Crippen LogP contribution in [-0.4, -0.2) is 0 Å². The zero-order chi connectivity index (χ0) is 11.2. The van der Waals surface area contributed by atoms with E-state index in [0.29, 0.717) is 0 Å². The van der Waals surface area contributed by atoms with E-state index in [0.717, 1.165) is 24.4 Å². The fourth-order valence-electron chi connectivity index (χ4n) is 1.96. The molecule has 0 atom stereocenters. The lowest BCUT2D eigenvalue weighted by Gasteiger charge is -2.09. The number of benzene rings is 1. The van der Waals surface area contributed by atoms with Crippen LogP contribution in [0.4, 0.5) is 0 Å². The predicted molar refractivity (Wildman–Crippen MR) is 67.3 cm³/mol. The van der Waals surface area contributed by atoms with Gasteiger partial charge in [-0.25, -0.2) is 0 Å². The smallest absolute Gasteiger partial charge is 0.126 e. The minimum atomic E-state index is 0.957. The molecule has 1 aromatic carbocycles. The highest BCUT2D eigenvalue weighted by Gasteiger charge is 2.04. The number of allylic oxidation sites excluding steroid dienone is 2. The third-order valence-corrected chi connectivity index (χ3v) is 2.96. The van der Waals surface area contributed by atoms with E-state index in [1.54, 1.807) is 0 Å². The molecule has 0 amide bonds. The van der Waals surface area contributed by atoms with Gasteiger partial charge in [0.05, 0.1) is 0 Å². The van der Waals surface area contributed by atoms with Crippen LogP contribution in [0.3, 0.4) is 0 Å². The fraction of sp³-hybridized carbons (Fsp3) is 0.400. The highest BCUT2D eigenvalue weighted by molar-refractivity contribution is 5.31. The summed E-state index contributed by atoms with van der Waals surface area (Å²) in [5, 5.41) is 0. The average Bonchev–Trinajstić information content (AvgIpc) is 2.59. The molecule has 0 spiro atoms. The zero-order valence-corrected chi connectivity index (χ0v) is 9.91. The molecule has 0 aromatic heterocycles. The molecule has 0 bridgehead atoms. The lowest BCUT2D eigenvalue weighted by atomic mass is 10.2. The van der Waals surface area contributed by atoms with Gasteiger partial charge in [0, 0.05) is 6.42 Å². The van der Waals surface area contributed by atoms with Crippen LogP contribution in [0.5, 0.6) is 5.75 Å². The van der Waals surface area contributed by atoms with E-state index in [4.69, 9.17) is 4.74 Å². The van der Waals surface area contributed by atoms with Gasteiger partial charge in [0.1, 0.15) is 11.5 Å². The molecule has 0 saturated carbocycles. The van der Waals surface area contributed by atoms with Crippen LogP contribution >= 0.6 is 0 Å². The topological polar surface area (TPSA) is 9.23 Å². The highest BCUT2D eigenvalue weighted by atomic mass is 16.5. The minimum absolute atomic E-state index is 0.957.